The quantitative estimate of drug-likeness (QED) is 0.755. The SMILES string of the molecule is Cc1ccc(OC(CCCl)c2ccccc2)cn1. The van der Waals surface area contributed by atoms with Crippen molar-refractivity contribution in [1.29, 1.82) is 0 Å². The van der Waals surface area contributed by atoms with Crippen LogP contribution in [0.2, 0.25) is 0 Å². The van der Waals surface area contributed by atoms with E-state index in [1.54, 1.807) is 6.20 Å². The van der Waals surface area contributed by atoms with Crippen molar-refractivity contribution in [2.45, 2.75) is 19.4 Å². The van der Waals surface area contributed by atoms with E-state index in [9.17, 15) is 0 Å². The molecule has 2 aromatic rings. The zero-order valence-corrected chi connectivity index (χ0v) is 11.1. The fourth-order valence-corrected chi connectivity index (χ4v) is 1.95. The molecule has 1 unspecified atom stereocenters. The molecule has 1 atom stereocenters. The summed E-state index contributed by atoms with van der Waals surface area (Å²) in [6.45, 7) is 1.96. The van der Waals surface area contributed by atoms with Crippen LogP contribution in [0.1, 0.15) is 23.8 Å². The average molecular weight is 262 g/mol. The molecule has 0 saturated heterocycles. The van der Waals surface area contributed by atoms with Gasteiger partial charge in [0.25, 0.3) is 0 Å². The molecule has 0 aliphatic carbocycles. The van der Waals surface area contributed by atoms with Gasteiger partial charge in [-0.15, -0.1) is 11.6 Å². The molecule has 0 bridgehead atoms. The van der Waals surface area contributed by atoms with Crippen molar-refractivity contribution in [2.75, 3.05) is 5.88 Å². The van der Waals surface area contributed by atoms with Gasteiger partial charge in [-0.1, -0.05) is 30.3 Å². The minimum absolute atomic E-state index is 0.0202. The summed E-state index contributed by atoms with van der Waals surface area (Å²) in [4.78, 5) is 4.23. The van der Waals surface area contributed by atoms with E-state index in [4.69, 9.17) is 16.3 Å². The minimum Gasteiger partial charge on any atom is -0.484 e. The number of hydrogen-bond acceptors (Lipinski definition) is 2. The van der Waals surface area contributed by atoms with Crippen molar-refractivity contribution in [3.63, 3.8) is 0 Å². The summed E-state index contributed by atoms with van der Waals surface area (Å²) in [5.41, 5.74) is 2.12. The molecule has 0 fully saturated rings. The average Bonchev–Trinajstić information content (AvgIpc) is 2.42. The summed E-state index contributed by atoms with van der Waals surface area (Å²) in [5, 5.41) is 0. The lowest BCUT2D eigenvalue weighted by Crippen LogP contribution is -2.08. The van der Waals surface area contributed by atoms with E-state index < -0.39 is 0 Å². The first-order valence-electron chi connectivity index (χ1n) is 6.00. The molecule has 18 heavy (non-hydrogen) atoms. The van der Waals surface area contributed by atoms with Gasteiger partial charge in [0, 0.05) is 18.0 Å². The molecule has 3 heteroatoms. The summed E-state index contributed by atoms with van der Waals surface area (Å²) in [5.74, 6) is 1.35. The first-order valence-corrected chi connectivity index (χ1v) is 6.53. The lowest BCUT2D eigenvalue weighted by Gasteiger charge is -2.18. The molecule has 94 valence electrons. The van der Waals surface area contributed by atoms with Crippen LogP contribution >= 0.6 is 11.6 Å². The van der Waals surface area contributed by atoms with Crippen LogP contribution in [0.15, 0.2) is 48.7 Å². The second-order valence-corrected chi connectivity index (χ2v) is 4.51. The van der Waals surface area contributed by atoms with E-state index in [2.05, 4.69) is 17.1 Å². The molecule has 2 rings (SSSR count). The van der Waals surface area contributed by atoms with Crippen LogP contribution in [0.25, 0.3) is 0 Å². The van der Waals surface area contributed by atoms with E-state index in [1.165, 1.54) is 0 Å². The van der Waals surface area contributed by atoms with Crippen LogP contribution in [0.3, 0.4) is 0 Å². The monoisotopic (exact) mass is 261 g/mol. The number of halogens is 1. The van der Waals surface area contributed by atoms with Gasteiger partial charge < -0.3 is 4.74 Å². The summed E-state index contributed by atoms with van der Waals surface area (Å²) in [6.07, 6.45) is 2.51. The molecule has 0 aliphatic rings. The smallest absolute Gasteiger partial charge is 0.138 e. The minimum atomic E-state index is -0.0202. The molecular formula is C15H16ClNO. The summed E-state index contributed by atoms with van der Waals surface area (Å²) in [6, 6.07) is 14.0. The second-order valence-electron chi connectivity index (χ2n) is 4.13. The highest BCUT2D eigenvalue weighted by Crippen LogP contribution is 2.24. The molecule has 0 radical (unpaired) electrons. The van der Waals surface area contributed by atoms with Crippen LogP contribution in [-0.2, 0) is 0 Å². The van der Waals surface area contributed by atoms with Crippen LogP contribution < -0.4 is 4.74 Å². The Morgan fingerprint density at radius 1 is 1.17 bits per heavy atom. The van der Waals surface area contributed by atoms with Gasteiger partial charge in [-0.2, -0.15) is 0 Å². The van der Waals surface area contributed by atoms with Gasteiger partial charge in [-0.3, -0.25) is 4.98 Å². The number of aromatic nitrogens is 1. The standard InChI is InChI=1S/C15H16ClNO/c1-12-7-8-14(11-17-12)18-15(9-10-16)13-5-3-2-4-6-13/h2-8,11,15H,9-10H2,1H3. The number of hydrogen-bond donors (Lipinski definition) is 0. The Labute approximate surface area is 113 Å². The summed E-state index contributed by atoms with van der Waals surface area (Å²) >= 11 is 5.84. The van der Waals surface area contributed by atoms with Gasteiger partial charge in [0.15, 0.2) is 0 Å². The molecule has 1 aromatic carbocycles. The number of benzene rings is 1. The Kier molecular flexibility index (Phi) is 4.59. The van der Waals surface area contributed by atoms with Crippen LogP contribution in [-0.4, -0.2) is 10.9 Å². The first kappa shape index (κ1) is 12.9. The molecule has 0 spiro atoms. The van der Waals surface area contributed by atoms with E-state index >= 15 is 0 Å². The molecule has 1 heterocycles. The normalized spacial score (nSPS) is 12.1. The van der Waals surface area contributed by atoms with Crippen molar-refractivity contribution in [2.24, 2.45) is 0 Å². The van der Waals surface area contributed by atoms with Gasteiger partial charge in [-0.05, 0) is 24.6 Å². The lowest BCUT2D eigenvalue weighted by atomic mass is 10.1. The largest absolute Gasteiger partial charge is 0.484 e. The van der Waals surface area contributed by atoms with Crippen molar-refractivity contribution in [1.82, 2.24) is 4.98 Å². The Balaban J connectivity index is 2.14. The number of nitrogens with zero attached hydrogens (tertiary/aromatic N) is 1. The molecule has 1 aromatic heterocycles. The Bertz CT molecular complexity index is 470. The van der Waals surface area contributed by atoms with E-state index in [0.717, 1.165) is 23.4 Å². The highest BCUT2D eigenvalue weighted by atomic mass is 35.5. The maximum Gasteiger partial charge on any atom is 0.138 e. The van der Waals surface area contributed by atoms with Crippen molar-refractivity contribution in [3.8, 4) is 5.75 Å². The Hall–Kier alpha value is -1.54. The number of aryl methyl sites for hydroxylation is 1. The van der Waals surface area contributed by atoms with Crippen molar-refractivity contribution >= 4 is 11.6 Å². The topological polar surface area (TPSA) is 22.1 Å². The number of pyridine rings is 1. The second kappa shape index (κ2) is 6.41. The highest BCUT2D eigenvalue weighted by molar-refractivity contribution is 6.17. The summed E-state index contributed by atoms with van der Waals surface area (Å²) < 4.78 is 5.95. The number of rotatable bonds is 5. The Morgan fingerprint density at radius 3 is 2.56 bits per heavy atom. The van der Waals surface area contributed by atoms with Crippen LogP contribution in [0.5, 0.6) is 5.75 Å². The fraction of sp³-hybridized carbons (Fsp3) is 0.267. The zero-order chi connectivity index (χ0) is 12.8. The highest BCUT2D eigenvalue weighted by Gasteiger charge is 2.12. The third-order valence-electron chi connectivity index (χ3n) is 2.71. The van der Waals surface area contributed by atoms with E-state index in [1.807, 2.05) is 37.3 Å². The fourth-order valence-electron chi connectivity index (χ4n) is 1.75. The Morgan fingerprint density at radius 2 is 1.94 bits per heavy atom. The predicted octanol–water partition coefficient (Wildman–Crippen LogP) is 4.14. The predicted molar refractivity (Wildman–Crippen MR) is 74.1 cm³/mol. The van der Waals surface area contributed by atoms with Crippen LogP contribution in [0.4, 0.5) is 0 Å². The lowest BCUT2D eigenvalue weighted by molar-refractivity contribution is 0.201. The van der Waals surface area contributed by atoms with E-state index in [-0.39, 0.29) is 6.10 Å². The molecule has 0 N–H and O–H groups in total. The van der Waals surface area contributed by atoms with Crippen molar-refractivity contribution in [3.05, 3.63) is 59.9 Å². The van der Waals surface area contributed by atoms with Gasteiger partial charge in [-0.25, -0.2) is 0 Å². The molecule has 0 amide bonds. The summed E-state index contributed by atoms with van der Waals surface area (Å²) in [7, 11) is 0. The van der Waals surface area contributed by atoms with Gasteiger partial charge in [0.05, 0.1) is 6.20 Å². The van der Waals surface area contributed by atoms with Gasteiger partial charge >= 0.3 is 0 Å². The third-order valence-corrected chi connectivity index (χ3v) is 2.92. The van der Waals surface area contributed by atoms with Crippen LogP contribution in [0, 0.1) is 6.92 Å². The third kappa shape index (κ3) is 3.47. The van der Waals surface area contributed by atoms with E-state index in [0.29, 0.717) is 5.88 Å². The first-order chi connectivity index (χ1) is 8.79. The number of ether oxygens (including phenoxy) is 1. The van der Waals surface area contributed by atoms with Gasteiger partial charge in [0.2, 0.25) is 0 Å². The molecular weight excluding hydrogens is 246 g/mol. The zero-order valence-electron chi connectivity index (χ0n) is 10.3. The molecule has 0 aliphatic heterocycles. The van der Waals surface area contributed by atoms with Gasteiger partial charge in [0.1, 0.15) is 11.9 Å². The molecule has 0 saturated carbocycles. The number of alkyl halides is 1. The molecule has 2 nitrogen and oxygen atoms in total. The maximum absolute atomic E-state index is 5.95. The van der Waals surface area contributed by atoms with Crippen molar-refractivity contribution < 1.29 is 4.74 Å². The maximum atomic E-state index is 5.95.